The van der Waals surface area contributed by atoms with E-state index in [9.17, 15) is 0 Å². The molecule has 1 heteroatoms. The molecule has 0 aromatic heterocycles. The molecule has 1 aliphatic rings. The first kappa shape index (κ1) is 9.60. The first-order chi connectivity index (χ1) is 3.63. The first-order valence-corrected chi connectivity index (χ1v) is 3.46. The summed E-state index contributed by atoms with van der Waals surface area (Å²) in [6.45, 7) is 8.72. The second kappa shape index (κ2) is 3.13. The van der Waals surface area contributed by atoms with E-state index in [2.05, 4.69) is 20.8 Å². The molecule has 0 aromatic rings. The van der Waals surface area contributed by atoms with Gasteiger partial charge in [0, 0.05) is 0 Å². The van der Waals surface area contributed by atoms with E-state index in [1.807, 2.05) is 0 Å². The average Bonchev–Trinajstić information content (AvgIpc) is 1.86. The SMILES string of the molecule is [CH2-]C1CCCC1(C)C.[Li+]. The molecular formula is C8H15Li. The van der Waals surface area contributed by atoms with E-state index in [0.29, 0.717) is 11.3 Å². The van der Waals surface area contributed by atoms with E-state index in [0.717, 1.165) is 0 Å². The van der Waals surface area contributed by atoms with Crippen molar-refractivity contribution < 1.29 is 18.9 Å². The molecule has 1 atom stereocenters. The third kappa shape index (κ3) is 2.02. The summed E-state index contributed by atoms with van der Waals surface area (Å²) in [6.07, 6.45) is 4.11. The Morgan fingerprint density at radius 3 is 2.11 bits per heavy atom. The van der Waals surface area contributed by atoms with Crippen LogP contribution < -0.4 is 18.9 Å². The second-order valence-electron chi connectivity index (χ2n) is 3.58. The average molecular weight is 118 g/mol. The van der Waals surface area contributed by atoms with Crippen molar-refractivity contribution in [1.29, 1.82) is 0 Å². The summed E-state index contributed by atoms with van der Waals surface area (Å²) in [4.78, 5) is 0. The van der Waals surface area contributed by atoms with Crippen LogP contribution in [0.5, 0.6) is 0 Å². The van der Waals surface area contributed by atoms with Crippen LogP contribution in [0, 0.1) is 18.3 Å². The van der Waals surface area contributed by atoms with E-state index in [1.165, 1.54) is 19.3 Å². The fourth-order valence-electron chi connectivity index (χ4n) is 1.40. The fraction of sp³-hybridized carbons (Fsp3) is 0.875. The summed E-state index contributed by atoms with van der Waals surface area (Å²) in [5.74, 6) is 0.711. The predicted octanol–water partition coefficient (Wildman–Crippen LogP) is -0.349. The molecule has 1 unspecified atom stereocenters. The van der Waals surface area contributed by atoms with Gasteiger partial charge in [-0.2, -0.15) is 5.92 Å². The Bertz CT molecular complexity index is 86.6. The molecule has 0 heterocycles. The van der Waals surface area contributed by atoms with Crippen LogP contribution >= 0.6 is 0 Å². The summed E-state index contributed by atoms with van der Waals surface area (Å²) < 4.78 is 0. The van der Waals surface area contributed by atoms with Gasteiger partial charge in [-0.05, 0) is 0 Å². The normalized spacial score (nSPS) is 31.7. The van der Waals surface area contributed by atoms with Gasteiger partial charge in [0.05, 0.1) is 0 Å². The molecule has 9 heavy (non-hydrogen) atoms. The molecular weight excluding hydrogens is 103 g/mol. The zero-order chi connectivity index (χ0) is 6.20. The predicted molar refractivity (Wildman–Crippen MR) is 36.5 cm³/mol. The van der Waals surface area contributed by atoms with Gasteiger partial charge >= 0.3 is 18.9 Å². The van der Waals surface area contributed by atoms with Gasteiger partial charge in [0.1, 0.15) is 0 Å². The van der Waals surface area contributed by atoms with Gasteiger partial charge in [-0.25, -0.2) is 0 Å². The molecule has 0 amide bonds. The minimum absolute atomic E-state index is 0. The van der Waals surface area contributed by atoms with Crippen molar-refractivity contribution in [2.75, 3.05) is 0 Å². The van der Waals surface area contributed by atoms with Crippen LogP contribution in [0.15, 0.2) is 0 Å². The summed E-state index contributed by atoms with van der Waals surface area (Å²) in [5, 5.41) is 0. The molecule has 1 saturated carbocycles. The van der Waals surface area contributed by atoms with E-state index in [1.54, 1.807) is 0 Å². The van der Waals surface area contributed by atoms with Gasteiger partial charge in [0.15, 0.2) is 0 Å². The quantitative estimate of drug-likeness (QED) is 0.301. The zero-order valence-electron chi connectivity index (χ0n) is 6.91. The maximum absolute atomic E-state index is 4.09. The number of hydrogen-bond donors (Lipinski definition) is 0. The summed E-state index contributed by atoms with van der Waals surface area (Å²) in [7, 11) is 0. The molecule has 48 valence electrons. The number of hydrogen-bond acceptors (Lipinski definition) is 0. The molecule has 1 rings (SSSR count). The Hall–Kier alpha value is 0.597. The smallest absolute Gasteiger partial charge is 0.340 e. The Balaban J connectivity index is 0.000000640. The molecule has 0 aliphatic heterocycles. The molecule has 0 aromatic carbocycles. The Kier molecular flexibility index (Phi) is 3.33. The third-order valence-corrected chi connectivity index (χ3v) is 2.48. The maximum Gasteiger partial charge on any atom is 1.00 e. The minimum atomic E-state index is 0. The van der Waals surface area contributed by atoms with Crippen molar-refractivity contribution in [1.82, 2.24) is 0 Å². The van der Waals surface area contributed by atoms with Crippen LogP contribution in [-0.2, 0) is 0 Å². The topological polar surface area (TPSA) is 0 Å². The molecule has 1 aliphatic carbocycles. The zero-order valence-corrected chi connectivity index (χ0v) is 6.91. The van der Waals surface area contributed by atoms with Gasteiger partial charge in [0.2, 0.25) is 0 Å². The van der Waals surface area contributed by atoms with Crippen LogP contribution in [0.4, 0.5) is 0 Å². The summed E-state index contributed by atoms with van der Waals surface area (Å²) in [5.41, 5.74) is 0.542. The second-order valence-corrected chi connectivity index (χ2v) is 3.58. The Morgan fingerprint density at radius 2 is 2.00 bits per heavy atom. The Labute approximate surface area is 70.6 Å². The van der Waals surface area contributed by atoms with E-state index in [4.69, 9.17) is 0 Å². The molecule has 0 N–H and O–H groups in total. The molecule has 0 radical (unpaired) electrons. The van der Waals surface area contributed by atoms with Gasteiger partial charge in [-0.15, -0.1) is 0 Å². The molecule has 0 saturated heterocycles. The van der Waals surface area contributed by atoms with Crippen LogP contribution in [0.25, 0.3) is 0 Å². The maximum atomic E-state index is 4.09. The van der Waals surface area contributed by atoms with E-state index < -0.39 is 0 Å². The van der Waals surface area contributed by atoms with Crippen LogP contribution in [0.1, 0.15) is 33.1 Å². The molecule has 0 spiro atoms. The minimum Gasteiger partial charge on any atom is -0.340 e. The van der Waals surface area contributed by atoms with Gasteiger partial charge in [-0.3, -0.25) is 0 Å². The van der Waals surface area contributed by atoms with Crippen molar-refractivity contribution >= 4 is 0 Å². The van der Waals surface area contributed by atoms with Crippen LogP contribution in [0.2, 0.25) is 0 Å². The van der Waals surface area contributed by atoms with Crippen LogP contribution in [0.3, 0.4) is 0 Å². The summed E-state index contributed by atoms with van der Waals surface area (Å²) in [6, 6.07) is 0. The first-order valence-electron chi connectivity index (χ1n) is 3.46. The standard InChI is InChI=1S/C8H15.Li/c1-7-5-4-6-8(7,2)3;/h7H,1,4-6H2,2-3H3;/q-1;+1. The van der Waals surface area contributed by atoms with Crippen molar-refractivity contribution in [2.45, 2.75) is 33.1 Å². The largest absolute Gasteiger partial charge is 1.00 e. The van der Waals surface area contributed by atoms with E-state index in [-0.39, 0.29) is 18.9 Å². The van der Waals surface area contributed by atoms with Crippen molar-refractivity contribution in [2.24, 2.45) is 11.3 Å². The fourth-order valence-corrected chi connectivity index (χ4v) is 1.40. The molecule has 0 nitrogen and oxygen atoms in total. The molecule has 1 fully saturated rings. The number of rotatable bonds is 0. The van der Waals surface area contributed by atoms with Crippen molar-refractivity contribution in [3.05, 3.63) is 6.92 Å². The molecule has 0 bridgehead atoms. The summed E-state index contributed by atoms with van der Waals surface area (Å²) >= 11 is 0. The third-order valence-electron chi connectivity index (χ3n) is 2.48. The van der Waals surface area contributed by atoms with Crippen molar-refractivity contribution in [3.8, 4) is 0 Å². The van der Waals surface area contributed by atoms with Crippen molar-refractivity contribution in [3.63, 3.8) is 0 Å². The van der Waals surface area contributed by atoms with Gasteiger partial charge < -0.3 is 6.92 Å². The van der Waals surface area contributed by atoms with Gasteiger partial charge in [0.25, 0.3) is 0 Å². The Morgan fingerprint density at radius 1 is 1.44 bits per heavy atom. The van der Waals surface area contributed by atoms with E-state index >= 15 is 0 Å². The van der Waals surface area contributed by atoms with Crippen LogP contribution in [-0.4, -0.2) is 0 Å². The van der Waals surface area contributed by atoms with Gasteiger partial charge in [-0.1, -0.05) is 38.5 Å². The monoisotopic (exact) mass is 118 g/mol.